The summed E-state index contributed by atoms with van der Waals surface area (Å²) in [7, 11) is -0.634. The third-order valence-electron chi connectivity index (χ3n) is 4.65. The highest BCUT2D eigenvalue weighted by molar-refractivity contribution is 8.00. The van der Waals surface area contributed by atoms with Gasteiger partial charge in [-0.2, -0.15) is 0 Å². The van der Waals surface area contributed by atoms with E-state index in [1.807, 2.05) is 25.1 Å². The molecule has 0 fully saturated rings. The zero-order valence-corrected chi connectivity index (χ0v) is 19.1. The van der Waals surface area contributed by atoms with E-state index >= 15 is 0 Å². The minimum Gasteiger partial charge on any atom is -0.490 e. The summed E-state index contributed by atoms with van der Waals surface area (Å²) >= 11 is 1.40. The number of nitrogens with one attached hydrogen (secondary N) is 1. The number of thioether (sulfide) groups is 1. The molecule has 1 atom stereocenters. The van der Waals surface area contributed by atoms with Crippen LogP contribution in [-0.4, -0.2) is 51.2 Å². The molecule has 9 heteroatoms. The van der Waals surface area contributed by atoms with Crippen LogP contribution in [0.5, 0.6) is 11.5 Å². The van der Waals surface area contributed by atoms with Gasteiger partial charge in [0.25, 0.3) is 0 Å². The van der Waals surface area contributed by atoms with Crippen LogP contribution in [-0.2, 0) is 14.8 Å². The Morgan fingerprint density at radius 1 is 1.10 bits per heavy atom. The summed E-state index contributed by atoms with van der Waals surface area (Å²) in [5.74, 6) is 1.18. The van der Waals surface area contributed by atoms with Crippen LogP contribution in [0.3, 0.4) is 0 Å². The molecule has 0 saturated carbocycles. The summed E-state index contributed by atoms with van der Waals surface area (Å²) in [6.45, 7) is 4.85. The van der Waals surface area contributed by atoms with Gasteiger partial charge in [-0.05, 0) is 49.7 Å². The predicted molar refractivity (Wildman–Crippen MR) is 118 cm³/mol. The molecule has 162 valence electrons. The molecule has 2 aromatic rings. The van der Waals surface area contributed by atoms with Crippen LogP contribution in [0, 0.1) is 6.92 Å². The Labute approximate surface area is 181 Å². The molecule has 30 heavy (non-hydrogen) atoms. The Balaban J connectivity index is 1.72. The number of rotatable bonds is 6. The van der Waals surface area contributed by atoms with Gasteiger partial charge in [-0.25, -0.2) is 12.7 Å². The Hall–Kier alpha value is -2.23. The molecule has 1 amide bonds. The Bertz CT molecular complexity index is 1040. The fourth-order valence-electron chi connectivity index (χ4n) is 2.82. The topological polar surface area (TPSA) is 84.9 Å². The second kappa shape index (κ2) is 9.28. The maximum absolute atomic E-state index is 12.8. The normalized spacial score (nSPS) is 14.8. The molecule has 1 heterocycles. The Morgan fingerprint density at radius 2 is 1.80 bits per heavy atom. The minimum atomic E-state index is -3.58. The van der Waals surface area contributed by atoms with E-state index in [0.29, 0.717) is 30.4 Å². The average Bonchev–Trinajstić information content (AvgIpc) is 2.94. The van der Waals surface area contributed by atoms with Crippen molar-refractivity contribution in [3.8, 4) is 11.5 Å². The molecule has 1 aliphatic rings. The maximum atomic E-state index is 12.8. The van der Waals surface area contributed by atoms with E-state index < -0.39 is 15.3 Å². The van der Waals surface area contributed by atoms with Gasteiger partial charge in [0.05, 0.1) is 23.4 Å². The number of aryl methyl sites for hydroxylation is 1. The molecule has 0 saturated heterocycles. The summed E-state index contributed by atoms with van der Waals surface area (Å²) in [6.07, 6.45) is 0.831. The van der Waals surface area contributed by atoms with Crippen LogP contribution in [0.15, 0.2) is 46.2 Å². The first-order chi connectivity index (χ1) is 14.2. The zero-order chi connectivity index (χ0) is 21.9. The number of amides is 1. The lowest BCUT2D eigenvalue weighted by molar-refractivity contribution is -0.115. The van der Waals surface area contributed by atoms with Crippen LogP contribution < -0.4 is 14.8 Å². The van der Waals surface area contributed by atoms with Gasteiger partial charge in [0.2, 0.25) is 15.9 Å². The standard InChI is InChI=1S/C21H26N2O5S2/c1-14-6-8-17(30(25,26)23(3)4)13-18(14)22-21(24)15(2)29-16-7-9-19-20(12-16)28-11-5-10-27-19/h6-9,12-13,15H,5,10-11H2,1-4H3,(H,22,24). The number of hydrogen-bond acceptors (Lipinski definition) is 6. The lowest BCUT2D eigenvalue weighted by Gasteiger charge is -2.17. The second-order valence-corrected chi connectivity index (χ2v) is 10.7. The molecule has 1 N–H and O–H groups in total. The molecule has 0 aliphatic carbocycles. The highest BCUT2D eigenvalue weighted by Gasteiger charge is 2.21. The zero-order valence-electron chi connectivity index (χ0n) is 17.5. The average molecular weight is 451 g/mol. The summed E-state index contributed by atoms with van der Waals surface area (Å²) in [4.78, 5) is 13.8. The van der Waals surface area contributed by atoms with Crippen molar-refractivity contribution in [1.82, 2.24) is 4.31 Å². The van der Waals surface area contributed by atoms with Gasteiger partial charge < -0.3 is 14.8 Å². The SMILES string of the molecule is Cc1ccc(S(=O)(=O)N(C)C)cc1NC(=O)C(C)Sc1ccc2c(c1)OCCCO2. The van der Waals surface area contributed by atoms with Crippen molar-refractivity contribution in [2.24, 2.45) is 0 Å². The minimum absolute atomic E-state index is 0.136. The summed E-state index contributed by atoms with van der Waals surface area (Å²) in [6, 6.07) is 10.4. The summed E-state index contributed by atoms with van der Waals surface area (Å²) < 4.78 is 37.3. The number of anilines is 1. The number of carbonyl (C=O) groups excluding carboxylic acids is 1. The number of nitrogens with zero attached hydrogens (tertiary/aromatic N) is 1. The number of ether oxygens (including phenoxy) is 2. The molecule has 0 bridgehead atoms. The monoisotopic (exact) mass is 450 g/mol. The summed E-state index contributed by atoms with van der Waals surface area (Å²) in [5, 5.41) is 2.46. The lowest BCUT2D eigenvalue weighted by atomic mass is 10.2. The van der Waals surface area contributed by atoms with Gasteiger partial charge in [-0.3, -0.25) is 4.79 Å². The molecule has 7 nitrogen and oxygen atoms in total. The largest absolute Gasteiger partial charge is 0.490 e. The van der Waals surface area contributed by atoms with Crippen LogP contribution >= 0.6 is 11.8 Å². The van der Waals surface area contributed by atoms with Crippen LogP contribution in [0.4, 0.5) is 5.69 Å². The summed E-state index contributed by atoms with van der Waals surface area (Å²) in [5.41, 5.74) is 1.27. The molecule has 1 unspecified atom stereocenters. The molecular weight excluding hydrogens is 424 g/mol. The number of benzene rings is 2. The van der Waals surface area contributed by atoms with Gasteiger partial charge in [-0.15, -0.1) is 11.8 Å². The van der Waals surface area contributed by atoms with Crippen molar-refractivity contribution in [2.75, 3.05) is 32.6 Å². The number of carbonyl (C=O) groups is 1. The third kappa shape index (κ3) is 5.08. The van der Waals surface area contributed by atoms with Crippen molar-refractivity contribution < 1.29 is 22.7 Å². The quantitative estimate of drug-likeness (QED) is 0.678. The highest BCUT2D eigenvalue weighted by atomic mass is 32.2. The van der Waals surface area contributed by atoms with Gasteiger partial charge in [0, 0.05) is 31.1 Å². The van der Waals surface area contributed by atoms with Crippen molar-refractivity contribution in [3.63, 3.8) is 0 Å². The van der Waals surface area contributed by atoms with Crippen LogP contribution in [0.25, 0.3) is 0 Å². The number of hydrogen-bond donors (Lipinski definition) is 1. The first-order valence-corrected chi connectivity index (χ1v) is 11.9. The molecule has 0 radical (unpaired) electrons. The van der Waals surface area contributed by atoms with E-state index in [9.17, 15) is 13.2 Å². The maximum Gasteiger partial charge on any atom is 0.242 e. The number of fused-ring (bicyclic) bond motifs is 1. The van der Waals surface area contributed by atoms with E-state index in [2.05, 4.69) is 5.32 Å². The van der Waals surface area contributed by atoms with E-state index in [1.54, 1.807) is 13.0 Å². The predicted octanol–water partition coefficient (Wildman–Crippen LogP) is 3.53. The first kappa shape index (κ1) is 22.5. The molecular formula is C21H26N2O5S2. The number of sulfonamides is 1. The van der Waals surface area contributed by atoms with Gasteiger partial charge in [-0.1, -0.05) is 6.07 Å². The van der Waals surface area contributed by atoms with Gasteiger partial charge in [0.1, 0.15) is 0 Å². The van der Waals surface area contributed by atoms with E-state index in [0.717, 1.165) is 21.2 Å². The third-order valence-corrected chi connectivity index (χ3v) is 7.55. The molecule has 3 rings (SSSR count). The second-order valence-electron chi connectivity index (χ2n) is 7.17. The van der Waals surface area contributed by atoms with E-state index in [-0.39, 0.29) is 10.8 Å². The highest BCUT2D eigenvalue weighted by Crippen LogP contribution is 2.35. The lowest BCUT2D eigenvalue weighted by Crippen LogP contribution is -2.24. The molecule has 1 aliphatic heterocycles. The van der Waals surface area contributed by atoms with Gasteiger partial charge in [0.15, 0.2) is 11.5 Å². The Kier molecular flexibility index (Phi) is 6.95. The fourth-order valence-corrected chi connectivity index (χ4v) is 4.64. The van der Waals surface area contributed by atoms with Crippen molar-refractivity contribution >= 4 is 33.4 Å². The van der Waals surface area contributed by atoms with Crippen molar-refractivity contribution in [2.45, 2.75) is 35.3 Å². The first-order valence-electron chi connectivity index (χ1n) is 9.59. The van der Waals surface area contributed by atoms with E-state index in [1.165, 1.54) is 38.0 Å². The Morgan fingerprint density at radius 3 is 2.50 bits per heavy atom. The van der Waals surface area contributed by atoms with Crippen molar-refractivity contribution in [1.29, 1.82) is 0 Å². The fraction of sp³-hybridized carbons (Fsp3) is 0.381. The van der Waals surface area contributed by atoms with Crippen molar-refractivity contribution in [3.05, 3.63) is 42.0 Å². The molecule has 0 spiro atoms. The molecule has 2 aromatic carbocycles. The van der Waals surface area contributed by atoms with Crippen LogP contribution in [0.1, 0.15) is 18.9 Å². The van der Waals surface area contributed by atoms with E-state index in [4.69, 9.17) is 9.47 Å². The smallest absolute Gasteiger partial charge is 0.242 e. The molecule has 0 aromatic heterocycles. The van der Waals surface area contributed by atoms with Gasteiger partial charge >= 0.3 is 0 Å². The van der Waals surface area contributed by atoms with Crippen LogP contribution in [0.2, 0.25) is 0 Å².